The molecule has 4 rings (SSSR count). The number of hydrogen-bond donors (Lipinski definition) is 0. The van der Waals surface area contributed by atoms with Gasteiger partial charge in [-0.1, -0.05) is 6.07 Å². The third kappa shape index (κ3) is 3.60. The van der Waals surface area contributed by atoms with Crippen molar-refractivity contribution >= 4 is 5.91 Å². The van der Waals surface area contributed by atoms with E-state index < -0.39 is 5.60 Å². The summed E-state index contributed by atoms with van der Waals surface area (Å²) in [6.45, 7) is 5.28. The highest BCUT2D eigenvalue weighted by Gasteiger charge is 2.36. The second-order valence-electron chi connectivity index (χ2n) is 8.36. The number of amides is 1. The Balaban J connectivity index is 1.39. The molecule has 0 bridgehead atoms. The topological polar surface area (TPSA) is 47.4 Å². The smallest absolute Gasteiger partial charge is 0.266 e. The molecule has 1 aliphatic carbocycles. The van der Waals surface area contributed by atoms with Gasteiger partial charge >= 0.3 is 0 Å². The van der Waals surface area contributed by atoms with Crippen molar-refractivity contribution in [2.75, 3.05) is 13.1 Å². The van der Waals surface area contributed by atoms with Gasteiger partial charge in [0.15, 0.2) is 5.60 Å². The van der Waals surface area contributed by atoms with E-state index in [1.165, 1.54) is 17.5 Å². The molecule has 1 saturated heterocycles. The molecule has 144 valence electrons. The number of carbonyl (C=O) groups excluding carboxylic acids is 1. The summed E-state index contributed by atoms with van der Waals surface area (Å²) in [5.74, 6) is 2.42. The van der Waals surface area contributed by atoms with Crippen molar-refractivity contribution in [2.45, 2.75) is 57.5 Å². The molecule has 1 aromatic heterocycles. The first-order valence-electron chi connectivity index (χ1n) is 10.0. The highest BCUT2D eigenvalue weighted by atomic mass is 16.5. The standard InChI is InChI=1S/C22H29N3O2/c1-22(2,27-19-8-7-16-5-4-6-18(16)15-19)21(26)25-12-9-17(10-13-25)20-23-11-14-24(20)3/h7-8,11,14-15,17H,4-6,9-10,12-13H2,1-3H3. The minimum absolute atomic E-state index is 0.0706. The van der Waals surface area contributed by atoms with Crippen LogP contribution in [0.3, 0.4) is 0 Å². The van der Waals surface area contributed by atoms with Gasteiger partial charge in [-0.15, -0.1) is 0 Å². The molecule has 2 aliphatic rings. The number of nitrogens with zero attached hydrogens (tertiary/aromatic N) is 3. The quantitative estimate of drug-likeness (QED) is 0.831. The maximum atomic E-state index is 13.1. The average molecular weight is 367 g/mol. The predicted molar refractivity (Wildman–Crippen MR) is 105 cm³/mol. The monoisotopic (exact) mass is 367 g/mol. The lowest BCUT2D eigenvalue weighted by molar-refractivity contribution is -0.146. The number of hydrogen-bond acceptors (Lipinski definition) is 3. The highest BCUT2D eigenvalue weighted by molar-refractivity contribution is 5.85. The van der Waals surface area contributed by atoms with Crippen molar-refractivity contribution in [3.8, 4) is 5.75 Å². The van der Waals surface area contributed by atoms with Crippen LogP contribution in [0.4, 0.5) is 0 Å². The molecule has 0 saturated carbocycles. The Morgan fingerprint density at radius 3 is 2.63 bits per heavy atom. The van der Waals surface area contributed by atoms with Crippen LogP contribution in [0.1, 0.15) is 56.0 Å². The molecular weight excluding hydrogens is 338 g/mol. The fourth-order valence-electron chi connectivity index (χ4n) is 4.44. The molecule has 0 N–H and O–H groups in total. The second-order valence-corrected chi connectivity index (χ2v) is 8.36. The lowest BCUT2D eigenvalue weighted by Crippen LogP contribution is -2.51. The van der Waals surface area contributed by atoms with Gasteiger partial charge in [-0.3, -0.25) is 4.79 Å². The second kappa shape index (κ2) is 7.02. The normalized spacial score (nSPS) is 17.8. The van der Waals surface area contributed by atoms with Crippen molar-refractivity contribution < 1.29 is 9.53 Å². The number of likely N-dealkylation sites (tertiary alicyclic amines) is 1. The maximum absolute atomic E-state index is 13.1. The molecule has 0 unspecified atom stereocenters. The van der Waals surface area contributed by atoms with Crippen LogP contribution in [0.2, 0.25) is 0 Å². The van der Waals surface area contributed by atoms with Crippen LogP contribution in [-0.4, -0.2) is 39.0 Å². The number of piperidine rings is 1. The van der Waals surface area contributed by atoms with E-state index in [4.69, 9.17) is 4.74 Å². The van der Waals surface area contributed by atoms with E-state index >= 15 is 0 Å². The van der Waals surface area contributed by atoms with E-state index in [-0.39, 0.29) is 5.91 Å². The summed E-state index contributed by atoms with van der Waals surface area (Å²) < 4.78 is 8.24. The molecule has 2 heterocycles. The molecule has 1 aromatic carbocycles. The van der Waals surface area contributed by atoms with Gasteiger partial charge in [0.05, 0.1) is 0 Å². The van der Waals surface area contributed by atoms with Gasteiger partial charge in [-0.05, 0) is 69.2 Å². The van der Waals surface area contributed by atoms with Gasteiger partial charge in [0.25, 0.3) is 5.91 Å². The molecule has 1 fully saturated rings. The Morgan fingerprint density at radius 1 is 1.19 bits per heavy atom. The Hall–Kier alpha value is -2.30. The van der Waals surface area contributed by atoms with Gasteiger partial charge in [0.1, 0.15) is 11.6 Å². The first kappa shape index (κ1) is 18.1. The zero-order valence-corrected chi connectivity index (χ0v) is 16.6. The average Bonchev–Trinajstić information content (AvgIpc) is 3.29. The molecular formula is C22H29N3O2. The van der Waals surface area contributed by atoms with Crippen LogP contribution in [0.15, 0.2) is 30.6 Å². The predicted octanol–water partition coefficient (Wildman–Crippen LogP) is 3.47. The molecule has 0 spiro atoms. The van der Waals surface area contributed by atoms with Gasteiger partial charge in [0.2, 0.25) is 0 Å². The number of carbonyl (C=O) groups is 1. The summed E-state index contributed by atoms with van der Waals surface area (Å²) in [6.07, 6.45) is 9.22. The molecule has 5 nitrogen and oxygen atoms in total. The van der Waals surface area contributed by atoms with Crippen molar-refractivity contribution in [1.29, 1.82) is 0 Å². The number of benzene rings is 1. The van der Waals surface area contributed by atoms with Crippen LogP contribution < -0.4 is 4.74 Å². The number of imidazole rings is 1. The molecule has 27 heavy (non-hydrogen) atoms. The Bertz CT molecular complexity index is 832. The number of aryl methyl sites for hydroxylation is 3. The van der Waals surface area contributed by atoms with Crippen LogP contribution in [0, 0.1) is 0 Å². The lowest BCUT2D eigenvalue weighted by Gasteiger charge is -2.37. The largest absolute Gasteiger partial charge is 0.478 e. The number of fused-ring (bicyclic) bond motifs is 1. The van der Waals surface area contributed by atoms with E-state index in [0.717, 1.165) is 50.3 Å². The Kier molecular flexibility index (Phi) is 4.70. The Morgan fingerprint density at radius 2 is 1.93 bits per heavy atom. The van der Waals surface area contributed by atoms with E-state index in [1.807, 2.05) is 44.3 Å². The summed E-state index contributed by atoms with van der Waals surface area (Å²) in [4.78, 5) is 19.5. The summed E-state index contributed by atoms with van der Waals surface area (Å²) in [7, 11) is 2.04. The van der Waals surface area contributed by atoms with Crippen LogP contribution >= 0.6 is 0 Å². The van der Waals surface area contributed by atoms with Crippen LogP contribution in [0.25, 0.3) is 0 Å². The number of rotatable bonds is 4. The van der Waals surface area contributed by atoms with Crippen molar-refractivity contribution in [1.82, 2.24) is 14.5 Å². The van der Waals surface area contributed by atoms with Crippen LogP contribution in [-0.2, 0) is 24.7 Å². The van der Waals surface area contributed by atoms with E-state index in [0.29, 0.717) is 5.92 Å². The summed E-state index contributed by atoms with van der Waals surface area (Å²) in [5.41, 5.74) is 1.93. The lowest BCUT2D eigenvalue weighted by atomic mass is 9.94. The first-order chi connectivity index (χ1) is 12.9. The van der Waals surface area contributed by atoms with Gasteiger partial charge in [-0.25, -0.2) is 4.98 Å². The maximum Gasteiger partial charge on any atom is 0.266 e. The Labute approximate surface area is 161 Å². The molecule has 2 aromatic rings. The number of aromatic nitrogens is 2. The highest BCUT2D eigenvalue weighted by Crippen LogP contribution is 2.31. The third-order valence-electron chi connectivity index (χ3n) is 5.96. The zero-order chi connectivity index (χ0) is 19.0. The van der Waals surface area contributed by atoms with Gasteiger partial charge in [0, 0.05) is 38.4 Å². The van der Waals surface area contributed by atoms with Crippen LogP contribution in [0.5, 0.6) is 5.75 Å². The van der Waals surface area contributed by atoms with E-state index in [2.05, 4.69) is 21.7 Å². The fraction of sp³-hybridized carbons (Fsp3) is 0.545. The van der Waals surface area contributed by atoms with Gasteiger partial charge in [-0.2, -0.15) is 0 Å². The summed E-state index contributed by atoms with van der Waals surface area (Å²) in [6, 6.07) is 6.27. The van der Waals surface area contributed by atoms with E-state index in [9.17, 15) is 4.79 Å². The zero-order valence-electron chi connectivity index (χ0n) is 16.6. The first-order valence-corrected chi connectivity index (χ1v) is 10.0. The molecule has 5 heteroatoms. The van der Waals surface area contributed by atoms with Crippen molar-refractivity contribution in [3.05, 3.63) is 47.5 Å². The number of ether oxygens (including phenoxy) is 1. The molecule has 1 aliphatic heterocycles. The van der Waals surface area contributed by atoms with Gasteiger partial charge < -0.3 is 14.2 Å². The SMILES string of the molecule is Cn1ccnc1C1CCN(C(=O)C(C)(C)Oc2ccc3c(c2)CCC3)CC1. The molecule has 0 atom stereocenters. The fourth-order valence-corrected chi connectivity index (χ4v) is 4.44. The minimum atomic E-state index is -0.858. The summed E-state index contributed by atoms with van der Waals surface area (Å²) in [5, 5.41) is 0. The third-order valence-corrected chi connectivity index (χ3v) is 5.96. The summed E-state index contributed by atoms with van der Waals surface area (Å²) >= 11 is 0. The molecule has 0 radical (unpaired) electrons. The minimum Gasteiger partial charge on any atom is -0.478 e. The van der Waals surface area contributed by atoms with Crippen molar-refractivity contribution in [3.63, 3.8) is 0 Å². The molecule has 1 amide bonds. The van der Waals surface area contributed by atoms with E-state index in [1.54, 1.807) is 0 Å². The van der Waals surface area contributed by atoms with Crippen molar-refractivity contribution in [2.24, 2.45) is 7.05 Å².